The molecule has 0 aromatic rings. The molecule has 1 saturated heterocycles. The minimum absolute atomic E-state index is 0.0150. The van der Waals surface area contributed by atoms with Crippen LogP contribution >= 0.6 is 0 Å². The van der Waals surface area contributed by atoms with Crippen molar-refractivity contribution in [2.45, 2.75) is 38.4 Å². The molecule has 5 atom stereocenters. The molecule has 3 fully saturated rings. The Balaban J connectivity index is 1.99. The number of rotatable bonds is 1. The first-order chi connectivity index (χ1) is 6.48. The Kier molecular flexibility index (Phi) is 1.45. The first-order valence-corrected chi connectivity index (χ1v) is 5.41. The van der Waals surface area contributed by atoms with Gasteiger partial charge in [-0.05, 0) is 32.6 Å². The van der Waals surface area contributed by atoms with Gasteiger partial charge in [0.25, 0.3) is 0 Å². The molecule has 3 aliphatic rings. The van der Waals surface area contributed by atoms with Gasteiger partial charge in [0.2, 0.25) is 0 Å². The molecule has 0 aromatic carbocycles. The van der Waals surface area contributed by atoms with Gasteiger partial charge in [-0.1, -0.05) is 0 Å². The van der Waals surface area contributed by atoms with Gasteiger partial charge in [-0.2, -0.15) is 0 Å². The molecule has 14 heavy (non-hydrogen) atoms. The first kappa shape index (κ1) is 8.72. The van der Waals surface area contributed by atoms with Crippen molar-refractivity contribution in [1.29, 1.82) is 0 Å². The van der Waals surface area contributed by atoms with E-state index in [2.05, 4.69) is 0 Å². The van der Waals surface area contributed by atoms with Crippen molar-refractivity contribution in [3.63, 3.8) is 0 Å². The topological polar surface area (TPSA) is 46.5 Å². The highest BCUT2D eigenvalue weighted by Gasteiger charge is 2.64. The van der Waals surface area contributed by atoms with E-state index < -0.39 is 5.60 Å². The summed E-state index contributed by atoms with van der Waals surface area (Å²) in [5, 5.41) is 10.1. The summed E-state index contributed by atoms with van der Waals surface area (Å²) >= 11 is 0. The molecule has 3 heteroatoms. The zero-order chi connectivity index (χ0) is 10.1. The lowest BCUT2D eigenvalue weighted by molar-refractivity contribution is -0.146. The molecule has 0 amide bonds. The molecule has 0 spiro atoms. The van der Waals surface area contributed by atoms with Crippen LogP contribution in [-0.2, 0) is 9.53 Å². The predicted octanol–water partition coefficient (Wildman–Crippen LogP) is 0.955. The van der Waals surface area contributed by atoms with Crippen molar-refractivity contribution in [1.82, 2.24) is 0 Å². The summed E-state index contributed by atoms with van der Waals surface area (Å²) in [7, 11) is 0. The van der Waals surface area contributed by atoms with Crippen LogP contribution in [0.3, 0.4) is 0 Å². The van der Waals surface area contributed by atoms with Crippen LogP contribution in [0.15, 0.2) is 0 Å². The summed E-state index contributed by atoms with van der Waals surface area (Å²) in [4.78, 5) is 11.6. The van der Waals surface area contributed by atoms with E-state index >= 15 is 0 Å². The molecule has 2 saturated carbocycles. The van der Waals surface area contributed by atoms with Crippen LogP contribution in [-0.4, -0.2) is 22.8 Å². The summed E-state index contributed by atoms with van der Waals surface area (Å²) < 4.78 is 5.31. The predicted molar refractivity (Wildman–Crippen MR) is 49.4 cm³/mol. The average molecular weight is 196 g/mol. The number of aliphatic hydroxyl groups is 1. The van der Waals surface area contributed by atoms with E-state index in [0.29, 0.717) is 11.8 Å². The molecule has 3 rings (SSSR count). The largest absolute Gasteiger partial charge is 0.462 e. The quantitative estimate of drug-likeness (QED) is 0.635. The fourth-order valence-electron chi connectivity index (χ4n) is 4.00. The summed E-state index contributed by atoms with van der Waals surface area (Å²) in [5.41, 5.74) is -0.738. The number of hydrogen-bond donors (Lipinski definition) is 1. The van der Waals surface area contributed by atoms with Crippen LogP contribution in [0.25, 0.3) is 0 Å². The Morgan fingerprint density at radius 2 is 2.14 bits per heavy atom. The van der Waals surface area contributed by atoms with Gasteiger partial charge in [-0.3, -0.25) is 4.79 Å². The summed E-state index contributed by atoms with van der Waals surface area (Å²) in [6.45, 7) is 3.64. The lowest BCUT2D eigenvalue weighted by Crippen LogP contribution is -2.41. The van der Waals surface area contributed by atoms with Crippen molar-refractivity contribution in [3.8, 4) is 0 Å². The van der Waals surface area contributed by atoms with Crippen LogP contribution in [0.1, 0.15) is 26.7 Å². The molecular formula is C11H16O3. The third-order valence-electron chi connectivity index (χ3n) is 4.30. The number of esters is 1. The van der Waals surface area contributed by atoms with Crippen molar-refractivity contribution < 1.29 is 14.6 Å². The molecule has 0 radical (unpaired) electrons. The van der Waals surface area contributed by atoms with E-state index in [-0.39, 0.29) is 23.9 Å². The van der Waals surface area contributed by atoms with Gasteiger partial charge in [0.05, 0.1) is 11.5 Å². The normalized spacial score (nSPS) is 49.9. The van der Waals surface area contributed by atoms with E-state index in [1.165, 1.54) is 0 Å². The van der Waals surface area contributed by atoms with Crippen LogP contribution < -0.4 is 0 Å². The average Bonchev–Trinajstić information content (AvgIpc) is 2.59. The Bertz CT molecular complexity index is 289. The molecular weight excluding hydrogens is 180 g/mol. The number of carbonyl (C=O) groups excluding carboxylic acids is 1. The van der Waals surface area contributed by atoms with Gasteiger partial charge in [-0.15, -0.1) is 0 Å². The standard InChI is InChI=1S/C11H16O3/c1-11(2,13)9-5-3-6-7(4-5)14-10(12)8(6)9/h5-9,13H,3-4H2,1-2H3/t5-,6+,7-,8+,9-/m1/s1. The van der Waals surface area contributed by atoms with Crippen LogP contribution in [0.2, 0.25) is 0 Å². The molecule has 0 aromatic heterocycles. The molecule has 1 aliphatic heterocycles. The zero-order valence-electron chi connectivity index (χ0n) is 8.56. The van der Waals surface area contributed by atoms with Crippen molar-refractivity contribution >= 4 is 5.97 Å². The first-order valence-electron chi connectivity index (χ1n) is 5.41. The minimum atomic E-state index is -0.738. The molecule has 2 aliphatic carbocycles. The summed E-state index contributed by atoms with van der Waals surface area (Å²) in [5.74, 6) is 0.954. The Hall–Kier alpha value is -0.570. The monoisotopic (exact) mass is 196 g/mol. The smallest absolute Gasteiger partial charge is 0.310 e. The highest BCUT2D eigenvalue weighted by atomic mass is 16.6. The van der Waals surface area contributed by atoms with Gasteiger partial charge in [0, 0.05) is 11.8 Å². The summed E-state index contributed by atoms with van der Waals surface area (Å²) in [6.07, 6.45) is 2.23. The molecule has 1 heterocycles. The Labute approximate surface area is 83.4 Å². The molecule has 1 N–H and O–H groups in total. The van der Waals surface area contributed by atoms with E-state index in [9.17, 15) is 9.90 Å². The second-order valence-corrected chi connectivity index (χ2v) is 5.58. The third-order valence-corrected chi connectivity index (χ3v) is 4.30. The maximum absolute atomic E-state index is 11.6. The van der Waals surface area contributed by atoms with Gasteiger partial charge in [-0.25, -0.2) is 0 Å². The number of fused-ring (bicyclic) bond motifs is 1. The fraction of sp³-hybridized carbons (Fsp3) is 0.909. The molecule has 3 nitrogen and oxygen atoms in total. The van der Waals surface area contributed by atoms with Crippen molar-refractivity contribution in [3.05, 3.63) is 0 Å². The van der Waals surface area contributed by atoms with Crippen molar-refractivity contribution in [2.24, 2.45) is 23.7 Å². The Morgan fingerprint density at radius 1 is 1.43 bits per heavy atom. The maximum Gasteiger partial charge on any atom is 0.310 e. The SMILES string of the molecule is CC(C)(O)[C@@H]1[C@@H]2C[C@@H]3[C@@H]1C(=O)O[C@@H]3C2. The third kappa shape index (κ3) is 0.888. The van der Waals surface area contributed by atoms with Gasteiger partial charge < -0.3 is 9.84 Å². The van der Waals surface area contributed by atoms with E-state index in [1.807, 2.05) is 13.8 Å². The molecule has 78 valence electrons. The molecule has 2 bridgehead atoms. The number of carbonyl (C=O) groups is 1. The summed E-state index contributed by atoms with van der Waals surface area (Å²) in [6, 6.07) is 0. The number of hydrogen-bond acceptors (Lipinski definition) is 3. The maximum atomic E-state index is 11.6. The lowest BCUT2D eigenvalue weighted by Gasteiger charge is -2.34. The second-order valence-electron chi connectivity index (χ2n) is 5.58. The van der Waals surface area contributed by atoms with Crippen LogP contribution in [0.4, 0.5) is 0 Å². The van der Waals surface area contributed by atoms with Gasteiger partial charge in [0.15, 0.2) is 0 Å². The minimum Gasteiger partial charge on any atom is -0.462 e. The van der Waals surface area contributed by atoms with Gasteiger partial charge >= 0.3 is 5.97 Å². The highest BCUT2D eigenvalue weighted by Crippen LogP contribution is 2.60. The van der Waals surface area contributed by atoms with Crippen molar-refractivity contribution in [2.75, 3.05) is 0 Å². The second kappa shape index (κ2) is 2.32. The zero-order valence-corrected chi connectivity index (χ0v) is 8.56. The lowest BCUT2D eigenvalue weighted by atomic mass is 9.72. The van der Waals surface area contributed by atoms with Gasteiger partial charge in [0.1, 0.15) is 6.10 Å². The van der Waals surface area contributed by atoms with Crippen LogP contribution in [0.5, 0.6) is 0 Å². The number of ether oxygens (including phenoxy) is 1. The van der Waals surface area contributed by atoms with E-state index in [0.717, 1.165) is 12.8 Å². The van der Waals surface area contributed by atoms with E-state index in [4.69, 9.17) is 4.74 Å². The fourth-order valence-corrected chi connectivity index (χ4v) is 4.00. The van der Waals surface area contributed by atoms with Crippen LogP contribution in [0, 0.1) is 23.7 Å². The van der Waals surface area contributed by atoms with E-state index in [1.54, 1.807) is 0 Å². The molecule has 0 unspecified atom stereocenters. The Morgan fingerprint density at radius 3 is 2.79 bits per heavy atom. The highest BCUT2D eigenvalue weighted by molar-refractivity contribution is 5.77.